The third-order valence-electron chi connectivity index (χ3n) is 4.18. The first-order chi connectivity index (χ1) is 12.8. The van der Waals surface area contributed by atoms with Gasteiger partial charge in [0.25, 0.3) is 0 Å². The largest absolute Gasteiger partial charge is 0.486 e. The average Bonchev–Trinajstić information content (AvgIpc) is 2.98. The Balaban J connectivity index is 1.94. The molecule has 0 amide bonds. The molecule has 148 valence electrons. The van der Waals surface area contributed by atoms with Crippen LogP contribution in [0.1, 0.15) is 37.9 Å². The first kappa shape index (κ1) is 20.7. The zero-order valence-corrected chi connectivity index (χ0v) is 17.0. The highest BCUT2D eigenvalue weighted by Crippen LogP contribution is 2.19. The number of aromatic nitrogens is 2. The van der Waals surface area contributed by atoms with Crippen LogP contribution >= 0.6 is 0 Å². The number of hydrogen-bond acceptors (Lipinski definition) is 3. The normalized spacial score (nSPS) is 13.0. The predicted molar refractivity (Wildman–Crippen MR) is 107 cm³/mol. The van der Waals surface area contributed by atoms with E-state index in [0.29, 0.717) is 19.0 Å². The molecule has 0 bridgehead atoms. The Bertz CT molecular complexity index is 771. The first-order valence-electron chi connectivity index (χ1n) is 9.17. The van der Waals surface area contributed by atoms with Crippen LogP contribution in [-0.2, 0) is 13.6 Å². The van der Waals surface area contributed by atoms with Gasteiger partial charge in [-0.1, -0.05) is 26.0 Å². The topological polar surface area (TPSA) is 54.7 Å². The lowest BCUT2D eigenvalue weighted by molar-refractivity contribution is 0.212. The molecular formula is C20H30FN5O. The fraction of sp³-hybridized carbons (Fsp3) is 0.500. The number of benzene rings is 1. The Morgan fingerprint density at radius 3 is 2.67 bits per heavy atom. The maximum Gasteiger partial charge on any atom is 0.193 e. The van der Waals surface area contributed by atoms with Gasteiger partial charge >= 0.3 is 0 Å². The van der Waals surface area contributed by atoms with Crippen LogP contribution in [0, 0.1) is 5.82 Å². The maximum absolute atomic E-state index is 13.7. The van der Waals surface area contributed by atoms with E-state index in [1.807, 2.05) is 36.8 Å². The van der Waals surface area contributed by atoms with Crippen molar-refractivity contribution in [1.82, 2.24) is 20.0 Å². The van der Waals surface area contributed by atoms with Gasteiger partial charge in [-0.05, 0) is 25.0 Å². The van der Waals surface area contributed by atoms with Gasteiger partial charge in [-0.15, -0.1) is 0 Å². The van der Waals surface area contributed by atoms with E-state index in [9.17, 15) is 4.39 Å². The second kappa shape index (κ2) is 9.39. The summed E-state index contributed by atoms with van der Waals surface area (Å²) in [5.74, 6) is 1.01. The molecule has 1 N–H and O–H groups in total. The predicted octanol–water partition coefficient (Wildman–Crippen LogP) is 3.16. The van der Waals surface area contributed by atoms with Crippen molar-refractivity contribution in [3.8, 4) is 5.75 Å². The van der Waals surface area contributed by atoms with E-state index < -0.39 is 0 Å². The molecule has 0 aliphatic heterocycles. The van der Waals surface area contributed by atoms with E-state index in [0.717, 1.165) is 11.7 Å². The fourth-order valence-electron chi connectivity index (χ4n) is 2.91. The van der Waals surface area contributed by atoms with Crippen LogP contribution in [-0.4, -0.2) is 47.4 Å². The van der Waals surface area contributed by atoms with Gasteiger partial charge in [-0.2, -0.15) is 5.10 Å². The summed E-state index contributed by atoms with van der Waals surface area (Å²) in [7, 11) is 5.66. The third-order valence-corrected chi connectivity index (χ3v) is 4.18. The smallest absolute Gasteiger partial charge is 0.193 e. The number of aliphatic imine (C=N–C) groups is 1. The van der Waals surface area contributed by atoms with Crippen LogP contribution in [0.2, 0.25) is 0 Å². The Hall–Kier alpha value is -2.57. The Kier molecular flexibility index (Phi) is 7.21. The van der Waals surface area contributed by atoms with Crippen molar-refractivity contribution < 1.29 is 9.13 Å². The van der Waals surface area contributed by atoms with Crippen LogP contribution in [0.4, 0.5) is 4.39 Å². The zero-order valence-electron chi connectivity index (χ0n) is 17.0. The van der Waals surface area contributed by atoms with Crippen LogP contribution < -0.4 is 10.1 Å². The summed E-state index contributed by atoms with van der Waals surface area (Å²) in [4.78, 5) is 6.38. The molecule has 7 heteroatoms. The molecule has 1 atom stereocenters. The molecule has 0 aliphatic rings. The minimum Gasteiger partial charge on any atom is -0.486 e. The number of ether oxygens (including phenoxy) is 1. The second-order valence-corrected chi connectivity index (χ2v) is 7.01. The molecule has 6 nitrogen and oxygen atoms in total. The standard InChI is InChI=1S/C20H30FN5O/c1-14(2)19-16(13-26(6)24-19)12-25(5)20(22-4)23-11-15(3)27-18-10-8-7-9-17(18)21/h7-10,13-15H,11-12H2,1-6H3,(H,22,23). The second-order valence-electron chi connectivity index (χ2n) is 7.01. The molecule has 2 rings (SSSR count). The molecule has 1 aromatic carbocycles. The lowest BCUT2D eigenvalue weighted by Crippen LogP contribution is -2.42. The molecule has 1 unspecified atom stereocenters. The molecule has 0 fully saturated rings. The van der Waals surface area contributed by atoms with Crippen molar-refractivity contribution in [2.45, 2.75) is 39.3 Å². The van der Waals surface area contributed by atoms with E-state index in [2.05, 4.69) is 29.3 Å². The van der Waals surface area contributed by atoms with Crippen LogP contribution in [0.5, 0.6) is 5.75 Å². The van der Waals surface area contributed by atoms with E-state index in [-0.39, 0.29) is 17.7 Å². The van der Waals surface area contributed by atoms with Crippen LogP contribution in [0.15, 0.2) is 35.5 Å². The van der Waals surface area contributed by atoms with E-state index in [1.54, 1.807) is 25.2 Å². The van der Waals surface area contributed by atoms with Crippen LogP contribution in [0.3, 0.4) is 0 Å². The molecule has 27 heavy (non-hydrogen) atoms. The van der Waals surface area contributed by atoms with Crippen molar-refractivity contribution in [3.05, 3.63) is 47.5 Å². The summed E-state index contributed by atoms with van der Waals surface area (Å²) in [5.41, 5.74) is 2.27. The highest BCUT2D eigenvalue weighted by atomic mass is 19.1. The number of hydrogen-bond donors (Lipinski definition) is 1. The number of para-hydroxylation sites is 1. The number of halogens is 1. The summed E-state index contributed by atoms with van der Waals surface area (Å²) < 4.78 is 21.2. The van der Waals surface area contributed by atoms with Crippen molar-refractivity contribution in [2.75, 3.05) is 20.6 Å². The number of aryl methyl sites for hydroxylation is 1. The summed E-state index contributed by atoms with van der Waals surface area (Å²) in [5, 5.41) is 7.84. The number of rotatable bonds is 7. The van der Waals surface area contributed by atoms with Gasteiger partial charge in [0, 0.05) is 39.4 Å². The molecule has 0 spiro atoms. The molecule has 0 aliphatic carbocycles. The van der Waals surface area contributed by atoms with Gasteiger partial charge in [-0.25, -0.2) is 4.39 Å². The molecule has 2 aromatic rings. The molecule has 0 radical (unpaired) electrons. The van der Waals surface area contributed by atoms with E-state index >= 15 is 0 Å². The van der Waals surface area contributed by atoms with Gasteiger partial charge in [0.2, 0.25) is 0 Å². The summed E-state index contributed by atoms with van der Waals surface area (Å²) in [6.45, 7) is 7.38. The maximum atomic E-state index is 13.7. The highest BCUT2D eigenvalue weighted by Gasteiger charge is 2.16. The Morgan fingerprint density at radius 1 is 1.33 bits per heavy atom. The quantitative estimate of drug-likeness (QED) is 0.597. The monoisotopic (exact) mass is 375 g/mol. The van der Waals surface area contributed by atoms with Gasteiger partial charge in [0.15, 0.2) is 17.5 Å². The number of guanidine groups is 1. The summed E-state index contributed by atoms with van der Waals surface area (Å²) in [6, 6.07) is 6.42. The molecule has 1 aromatic heterocycles. The molecular weight excluding hydrogens is 345 g/mol. The highest BCUT2D eigenvalue weighted by molar-refractivity contribution is 5.79. The van der Waals surface area contributed by atoms with E-state index in [4.69, 9.17) is 4.74 Å². The van der Waals surface area contributed by atoms with Crippen LogP contribution in [0.25, 0.3) is 0 Å². The third kappa shape index (κ3) is 5.70. The SMILES string of the molecule is CN=C(NCC(C)Oc1ccccc1F)N(C)Cc1cn(C)nc1C(C)C. The molecule has 0 saturated carbocycles. The minimum absolute atomic E-state index is 0.211. The summed E-state index contributed by atoms with van der Waals surface area (Å²) in [6.07, 6.45) is 1.83. The number of nitrogens with zero attached hydrogens (tertiary/aromatic N) is 4. The summed E-state index contributed by atoms with van der Waals surface area (Å²) >= 11 is 0. The van der Waals surface area contributed by atoms with Crippen molar-refractivity contribution in [1.29, 1.82) is 0 Å². The fourth-order valence-corrected chi connectivity index (χ4v) is 2.91. The van der Waals surface area contributed by atoms with E-state index in [1.165, 1.54) is 11.6 Å². The van der Waals surface area contributed by atoms with Gasteiger partial charge in [0.05, 0.1) is 12.2 Å². The van der Waals surface area contributed by atoms with Gasteiger partial charge in [0.1, 0.15) is 6.10 Å². The van der Waals surface area contributed by atoms with Gasteiger partial charge in [-0.3, -0.25) is 9.67 Å². The zero-order chi connectivity index (χ0) is 20.0. The Morgan fingerprint density at radius 2 is 2.04 bits per heavy atom. The molecule has 0 saturated heterocycles. The van der Waals surface area contributed by atoms with Crippen molar-refractivity contribution >= 4 is 5.96 Å². The Labute approximate surface area is 161 Å². The molecule has 1 heterocycles. The van der Waals surface area contributed by atoms with Gasteiger partial charge < -0.3 is 15.0 Å². The first-order valence-corrected chi connectivity index (χ1v) is 9.17. The lowest BCUT2D eigenvalue weighted by atomic mass is 10.1. The number of nitrogens with one attached hydrogen (secondary N) is 1. The van der Waals surface area contributed by atoms with Crippen molar-refractivity contribution in [2.24, 2.45) is 12.0 Å². The van der Waals surface area contributed by atoms with Crippen molar-refractivity contribution in [3.63, 3.8) is 0 Å². The minimum atomic E-state index is -0.358. The lowest BCUT2D eigenvalue weighted by Gasteiger charge is -2.24. The average molecular weight is 375 g/mol.